The zero-order valence-electron chi connectivity index (χ0n) is 12.3. The third-order valence-corrected chi connectivity index (χ3v) is 3.10. The third kappa shape index (κ3) is 3.31. The number of aryl methyl sites for hydroxylation is 1. The van der Waals surface area contributed by atoms with Gasteiger partial charge in [0.2, 0.25) is 0 Å². The summed E-state index contributed by atoms with van der Waals surface area (Å²) in [6.07, 6.45) is 0. The number of carbonyl (C=O) groups is 1. The summed E-state index contributed by atoms with van der Waals surface area (Å²) in [4.78, 5) is 13.4. The van der Waals surface area contributed by atoms with E-state index in [0.717, 1.165) is 5.56 Å². The molecule has 0 atom stereocenters. The predicted octanol–water partition coefficient (Wildman–Crippen LogP) is 3.16. The number of hydrogen-bond donors (Lipinski definition) is 2. The Kier molecular flexibility index (Phi) is 4.12. The van der Waals surface area contributed by atoms with Crippen LogP contribution in [-0.2, 0) is 0 Å². The Bertz CT molecular complexity index is 683. The first-order chi connectivity index (χ1) is 9.88. The molecule has 0 radical (unpaired) electrons. The molecule has 4 nitrogen and oxygen atoms in total. The Balaban J connectivity index is 2.35. The smallest absolute Gasteiger partial charge is 0.253 e. The first-order valence-electron chi connectivity index (χ1n) is 6.53. The van der Waals surface area contributed by atoms with Crippen molar-refractivity contribution in [2.24, 2.45) is 0 Å². The first kappa shape index (κ1) is 14.8. The van der Waals surface area contributed by atoms with Crippen LogP contribution in [0, 0.1) is 12.7 Å². The van der Waals surface area contributed by atoms with Gasteiger partial charge in [0.15, 0.2) is 0 Å². The molecule has 2 aromatic rings. The number of nitrogens with one attached hydrogen (secondary N) is 1. The number of benzene rings is 2. The summed E-state index contributed by atoms with van der Waals surface area (Å²) in [6, 6.07) is 9.78. The Labute approximate surface area is 123 Å². The molecule has 0 aromatic heterocycles. The molecule has 2 aromatic carbocycles. The van der Waals surface area contributed by atoms with Gasteiger partial charge in [-0.05, 0) is 42.8 Å². The molecule has 0 spiro atoms. The normalized spacial score (nSPS) is 10.3. The molecule has 2 rings (SSSR count). The molecule has 1 amide bonds. The van der Waals surface area contributed by atoms with Crippen molar-refractivity contribution in [1.82, 2.24) is 4.90 Å². The maximum Gasteiger partial charge on any atom is 0.253 e. The highest BCUT2D eigenvalue weighted by Gasteiger charge is 2.11. The lowest BCUT2D eigenvalue weighted by molar-refractivity contribution is 0.0827. The number of carbonyl (C=O) groups excluding carboxylic acids is 1. The van der Waals surface area contributed by atoms with Gasteiger partial charge in [0, 0.05) is 19.7 Å². The van der Waals surface area contributed by atoms with Gasteiger partial charge in [-0.1, -0.05) is 6.07 Å². The molecule has 0 fully saturated rings. The van der Waals surface area contributed by atoms with Crippen molar-refractivity contribution in [2.75, 3.05) is 25.1 Å². The molecular weight excluding hydrogens is 269 g/mol. The molecule has 0 aliphatic carbocycles. The minimum Gasteiger partial charge on any atom is -0.397 e. The van der Waals surface area contributed by atoms with Gasteiger partial charge in [0.05, 0.1) is 17.1 Å². The number of halogens is 1. The highest BCUT2D eigenvalue weighted by atomic mass is 19.1. The lowest BCUT2D eigenvalue weighted by Crippen LogP contribution is -2.21. The molecule has 0 saturated heterocycles. The van der Waals surface area contributed by atoms with Crippen LogP contribution in [0.25, 0.3) is 0 Å². The molecule has 0 aliphatic rings. The summed E-state index contributed by atoms with van der Waals surface area (Å²) >= 11 is 0. The van der Waals surface area contributed by atoms with Crippen LogP contribution in [0.1, 0.15) is 15.9 Å². The quantitative estimate of drug-likeness (QED) is 0.853. The van der Waals surface area contributed by atoms with Gasteiger partial charge in [0.25, 0.3) is 5.91 Å². The number of nitrogen functional groups attached to an aromatic ring is 1. The third-order valence-electron chi connectivity index (χ3n) is 3.10. The average molecular weight is 287 g/mol. The number of nitrogens with zero attached hydrogens (tertiary/aromatic N) is 1. The number of hydrogen-bond acceptors (Lipinski definition) is 3. The first-order valence-corrected chi connectivity index (χ1v) is 6.53. The van der Waals surface area contributed by atoms with Crippen LogP contribution in [0.15, 0.2) is 36.4 Å². The van der Waals surface area contributed by atoms with Crippen molar-refractivity contribution in [3.05, 3.63) is 53.3 Å². The molecule has 0 bridgehead atoms. The summed E-state index contributed by atoms with van der Waals surface area (Å²) < 4.78 is 13.9. The summed E-state index contributed by atoms with van der Waals surface area (Å²) in [5.74, 6) is -0.499. The van der Waals surface area contributed by atoms with Crippen molar-refractivity contribution in [2.45, 2.75) is 6.92 Å². The van der Waals surface area contributed by atoms with E-state index in [1.807, 2.05) is 6.92 Å². The molecule has 110 valence electrons. The van der Waals surface area contributed by atoms with E-state index in [0.29, 0.717) is 22.6 Å². The van der Waals surface area contributed by atoms with Crippen molar-refractivity contribution in [1.29, 1.82) is 0 Å². The molecule has 3 N–H and O–H groups in total. The Morgan fingerprint density at radius 3 is 2.48 bits per heavy atom. The zero-order chi connectivity index (χ0) is 15.6. The van der Waals surface area contributed by atoms with E-state index >= 15 is 0 Å². The topological polar surface area (TPSA) is 58.4 Å². The summed E-state index contributed by atoms with van der Waals surface area (Å²) in [5, 5.41) is 2.93. The van der Waals surface area contributed by atoms with Crippen molar-refractivity contribution < 1.29 is 9.18 Å². The van der Waals surface area contributed by atoms with Crippen LogP contribution in [0.3, 0.4) is 0 Å². The molecule has 21 heavy (non-hydrogen) atoms. The summed E-state index contributed by atoms with van der Waals surface area (Å²) in [5.41, 5.74) is 8.48. The van der Waals surface area contributed by atoms with Crippen molar-refractivity contribution >= 4 is 23.0 Å². The largest absolute Gasteiger partial charge is 0.397 e. The van der Waals surface area contributed by atoms with Crippen LogP contribution in [-0.4, -0.2) is 24.9 Å². The Morgan fingerprint density at radius 1 is 1.14 bits per heavy atom. The molecule has 0 heterocycles. The van der Waals surface area contributed by atoms with E-state index in [2.05, 4.69) is 5.32 Å². The standard InChI is InChI=1S/C16H18FN3O/c1-10-4-7-14(12(17)8-10)19-15-9-11(5-6-13(15)18)16(21)20(2)3/h4-9,19H,18H2,1-3H3. The number of amides is 1. The number of nitrogens with two attached hydrogens (primary N) is 1. The Hall–Kier alpha value is -2.56. The van der Waals surface area contributed by atoms with Crippen LogP contribution >= 0.6 is 0 Å². The minimum absolute atomic E-state index is 0.137. The molecule has 5 heteroatoms. The second-order valence-electron chi connectivity index (χ2n) is 5.11. The van der Waals surface area contributed by atoms with E-state index in [9.17, 15) is 9.18 Å². The van der Waals surface area contributed by atoms with Crippen LogP contribution < -0.4 is 11.1 Å². The van der Waals surface area contributed by atoms with Gasteiger partial charge in [-0.2, -0.15) is 0 Å². The predicted molar refractivity (Wildman–Crippen MR) is 83.3 cm³/mol. The SMILES string of the molecule is Cc1ccc(Nc2cc(C(=O)N(C)C)ccc2N)c(F)c1. The molecular formula is C16H18FN3O. The summed E-state index contributed by atoms with van der Waals surface area (Å²) in [6.45, 7) is 1.82. The summed E-state index contributed by atoms with van der Waals surface area (Å²) in [7, 11) is 3.34. The van der Waals surface area contributed by atoms with E-state index in [-0.39, 0.29) is 11.7 Å². The zero-order valence-corrected chi connectivity index (χ0v) is 12.3. The van der Waals surface area contributed by atoms with Crippen LogP contribution in [0.2, 0.25) is 0 Å². The second kappa shape index (κ2) is 5.83. The minimum atomic E-state index is -0.362. The maximum absolute atomic E-state index is 13.9. The average Bonchev–Trinajstić information content (AvgIpc) is 2.43. The van der Waals surface area contributed by atoms with Gasteiger partial charge in [-0.15, -0.1) is 0 Å². The Morgan fingerprint density at radius 2 is 1.86 bits per heavy atom. The van der Waals surface area contributed by atoms with Gasteiger partial charge < -0.3 is 16.0 Å². The fourth-order valence-corrected chi connectivity index (χ4v) is 1.92. The fourth-order valence-electron chi connectivity index (χ4n) is 1.92. The fraction of sp³-hybridized carbons (Fsp3) is 0.188. The van der Waals surface area contributed by atoms with E-state index < -0.39 is 0 Å². The van der Waals surface area contributed by atoms with Crippen LogP contribution in [0.4, 0.5) is 21.5 Å². The second-order valence-corrected chi connectivity index (χ2v) is 5.11. The highest BCUT2D eigenvalue weighted by molar-refractivity contribution is 5.96. The highest BCUT2D eigenvalue weighted by Crippen LogP contribution is 2.26. The van der Waals surface area contributed by atoms with E-state index in [1.54, 1.807) is 44.4 Å². The maximum atomic E-state index is 13.9. The van der Waals surface area contributed by atoms with E-state index in [1.165, 1.54) is 11.0 Å². The number of anilines is 3. The lowest BCUT2D eigenvalue weighted by Gasteiger charge is -2.14. The van der Waals surface area contributed by atoms with Crippen molar-refractivity contribution in [3.63, 3.8) is 0 Å². The monoisotopic (exact) mass is 287 g/mol. The van der Waals surface area contributed by atoms with Gasteiger partial charge in [-0.3, -0.25) is 4.79 Å². The molecule has 0 saturated carbocycles. The van der Waals surface area contributed by atoms with Gasteiger partial charge in [-0.25, -0.2) is 4.39 Å². The van der Waals surface area contributed by atoms with Crippen molar-refractivity contribution in [3.8, 4) is 0 Å². The lowest BCUT2D eigenvalue weighted by atomic mass is 10.1. The van der Waals surface area contributed by atoms with E-state index in [4.69, 9.17) is 5.73 Å². The molecule has 0 unspecified atom stereocenters. The molecule has 0 aliphatic heterocycles. The van der Waals surface area contributed by atoms with Gasteiger partial charge in [0.1, 0.15) is 5.82 Å². The van der Waals surface area contributed by atoms with Gasteiger partial charge >= 0.3 is 0 Å². The number of rotatable bonds is 3. The van der Waals surface area contributed by atoms with Crippen LogP contribution in [0.5, 0.6) is 0 Å².